The number of amides is 1. The topological polar surface area (TPSA) is 78.7 Å². The summed E-state index contributed by atoms with van der Waals surface area (Å²) >= 11 is 0. The Bertz CT molecular complexity index is 525. The van der Waals surface area contributed by atoms with Crippen LogP contribution in [0.2, 0.25) is 0 Å². The van der Waals surface area contributed by atoms with Gasteiger partial charge in [-0.1, -0.05) is 0 Å². The molecular weight excluding hydrogens is 215 g/mol. The minimum Gasteiger partial charge on any atom is -0.360 e. The highest BCUT2D eigenvalue weighted by molar-refractivity contribution is 5.79. The Morgan fingerprint density at radius 1 is 1.50 bits per heavy atom. The average Bonchev–Trinajstić information content (AvgIpc) is 2.67. The molecule has 0 bridgehead atoms. The van der Waals surface area contributed by atoms with Gasteiger partial charge in [-0.05, 0) is 12.1 Å². The van der Waals surface area contributed by atoms with Crippen LogP contribution >= 0.6 is 0 Å². The predicted octanol–water partition coefficient (Wildman–Crippen LogP) is 0.391. The molecule has 0 unspecified atom stereocenters. The van der Waals surface area contributed by atoms with E-state index < -0.39 is 5.91 Å². The van der Waals surface area contributed by atoms with Crippen molar-refractivity contribution in [2.24, 2.45) is 0 Å². The number of anilines is 1. The van der Waals surface area contributed by atoms with Crippen LogP contribution in [-0.2, 0) is 4.79 Å². The third-order valence-electron chi connectivity index (χ3n) is 1.97. The van der Waals surface area contributed by atoms with Gasteiger partial charge in [-0.15, -0.1) is 0 Å². The van der Waals surface area contributed by atoms with Crippen molar-refractivity contribution in [1.82, 2.24) is 14.9 Å². The number of fused-ring (bicyclic) bond motifs is 1. The monoisotopic (exact) mass is 224 g/mol. The fraction of sp³-hybridized carbons (Fsp3) is 0.111. The summed E-state index contributed by atoms with van der Waals surface area (Å²) in [6, 6.07) is 2.82. The summed E-state index contributed by atoms with van der Waals surface area (Å²) in [7, 11) is 0. The number of halogens is 1. The largest absolute Gasteiger partial charge is 0.360 e. The Labute approximate surface area is 89.7 Å². The Balaban J connectivity index is 2.16. The minimum absolute atomic E-state index is 0.108. The van der Waals surface area contributed by atoms with Crippen molar-refractivity contribution in [3.05, 3.63) is 30.3 Å². The Hall–Kier alpha value is -2.15. The van der Waals surface area contributed by atoms with E-state index in [-0.39, 0.29) is 12.4 Å². The second kappa shape index (κ2) is 4.15. The van der Waals surface area contributed by atoms with E-state index in [0.29, 0.717) is 11.5 Å². The van der Waals surface area contributed by atoms with Crippen LogP contribution in [-0.4, -0.2) is 27.0 Å². The van der Waals surface area contributed by atoms with Gasteiger partial charge in [0.1, 0.15) is 17.3 Å². The molecule has 2 aromatic rings. The first-order chi connectivity index (χ1) is 7.69. The number of rotatable bonds is 3. The van der Waals surface area contributed by atoms with Crippen molar-refractivity contribution in [2.45, 2.75) is 0 Å². The normalized spacial score (nSPS) is 10.4. The number of hydroxylamine groups is 1. The smallest absolute Gasteiger partial charge is 0.262 e. The number of nitrogens with zero attached hydrogens (tertiary/aromatic N) is 2. The maximum atomic E-state index is 12.8. The number of carbonyl (C=O) groups excluding carboxylic acids is 1. The molecule has 0 radical (unpaired) electrons. The number of imidazole rings is 1. The highest BCUT2D eigenvalue weighted by Crippen LogP contribution is 2.10. The van der Waals surface area contributed by atoms with Crippen LogP contribution in [0.1, 0.15) is 0 Å². The van der Waals surface area contributed by atoms with E-state index in [9.17, 15) is 9.18 Å². The van der Waals surface area contributed by atoms with Gasteiger partial charge >= 0.3 is 0 Å². The molecule has 2 heterocycles. The second-order valence-electron chi connectivity index (χ2n) is 3.13. The molecule has 0 fully saturated rings. The number of hydrogen-bond acceptors (Lipinski definition) is 4. The summed E-state index contributed by atoms with van der Waals surface area (Å²) < 4.78 is 14.3. The average molecular weight is 224 g/mol. The third-order valence-corrected chi connectivity index (χ3v) is 1.97. The van der Waals surface area contributed by atoms with E-state index >= 15 is 0 Å². The lowest BCUT2D eigenvalue weighted by atomic mass is 10.5. The van der Waals surface area contributed by atoms with Gasteiger partial charge in [0.05, 0.1) is 12.7 Å². The van der Waals surface area contributed by atoms with Gasteiger partial charge < -0.3 is 9.72 Å². The Morgan fingerprint density at radius 2 is 2.31 bits per heavy atom. The van der Waals surface area contributed by atoms with Crippen LogP contribution in [0.4, 0.5) is 10.2 Å². The lowest BCUT2D eigenvalue weighted by molar-refractivity contribution is -0.127. The molecule has 16 heavy (non-hydrogen) atoms. The van der Waals surface area contributed by atoms with Gasteiger partial charge in [0.2, 0.25) is 0 Å². The lowest BCUT2D eigenvalue weighted by Gasteiger charge is -1.98. The first-order valence-corrected chi connectivity index (χ1v) is 4.50. The summed E-state index contributed by atoms with van der Waals surface area (Å²) in [6.45, 7) is -0.108. The Morgan fingerprint density at radius 3 is 3.06 bits per heavy atom. The fourth-order valence-electron chi connectivity index (χ4n) is 1.26. The van der Waals surface area contributed by atoms with E-state index in [1.165, 1.54) is 28.2 Å². The highest BCUT2D eigenvalue weighted by atomic mass is 19.1. The molecule has 2 aromatic heterocycles. The molecule has 84 valence electrons. The zero-order valence-corrected chi connectivity index (χ0v) is 8.14. The molecule has 0 aliphatic heterocycles. The predicted molar refractivity (Wildman–Crippen MR) is 53.6 cm³/mol. The van der Waals surface area contributed by atoms with Gasteiger partial charge in [0, 0.05) is 6.20 Å². The van der Waals surface area contributed by atoms with Crippen molar-refractivity contribution >= 4 is 17.4 Å². The number of nitrogens with one attached hydrogen (secondary N) is 2. The van der Waals surface area contributed by atoms with Crippen LogP contribution in [0.5, 0.6) is 0 Å². The third kappa shape index (κ3) is 2.09. The highest BCUT2D eigenvalue weighted by Gasteiger charge is 2.03. The minimum atomic E-state index is -0.580. The van der Waals surface area contributed by atoms with Crippen LogP contribution in [0.15, 0.2) is 24.5 Å². The van der Waals surface area contributed by atoms with E-state index in [0.717, 1.165) is 0 Å². The van der Waals surface area contributed by atoms with E-state index in [2.05, 4.69) is 10.3 Å². The summed E-state index contributed by atoms with van der Waals surface area (Å²) in [5.74, 6) is -0.526. The molecule has 2 rings (SSSR count). The SMILES string of the molecule is O=C(CNc1cn2cc(F)ccc2n1)NO. The van der Waals surface area contributed by atoms with E-state index in [4.69, 9.17) is 5.21 Å². The number of hydrogen-bond donors (Lipinski definition) is 3. The van der Waals surface area contributed by atoms with Gasteiger partial charge in [-0.2, -0.15) is 0 Å². The second-order valence-corrected chi connectivity index (χ2v) is 3.13. The lowest BCUT2D eigenvalue weighted by Crippen LogP contribution is -2.26. The molecule has 0 aromatic carbocycles. The molecule has 0 aliphatic carbocycles. The van der Waals surface area contributed by atoms with Gasteiger partial charge in [-0.3, -0.25) is 10.0 Å². The summed E-state index contributed by atoms with van der Waals surface area (Å²) in [5.41, 5.74) is 2.05. The standard InChI is InChI=1S/C9H9FN4O2/c10-6-1-2-8-12-7(5-14(8)4-6)11-3-9(15)13-16/h1-2,4-5,11,16H,3H2,(H,13,15). The fourth-order valence-corrected chi connectivity index (χ4v) is 1.26. The van der Waals surface area contributed by atoms with Crippen LogP contribution < -0.4 is 10.8 Å². The molecule has 0 spiro atoms. The van der Waals surface area contributed by atoms with E-state index in [1.54, 1.807) is 6.20 Å². The molecule has 6 nitrogen and oxygen atoms in total. The van der Waals surface area contributed by atoms with Crippen molar-refractivity contribution in [1.29, 1.82) is 0 Å². The van der Waals surface area contributed by atoms with Gasteiger partial charge in [-0.25, -0.2) is 14.9 Å². The van der Waals surface area contributed by atoms with Gasteiger partial charge in [0.15, 0.2) is 0 Å². The van der Waals surface area contributed by atoms with Crippen molar-refractivity contribution in [3.8, 4) is 0 Å². The zero-order chi connectivity index (χ0) is 11.5. The summed E-state index contributed by atoms with van der Waals surface area (Å²) in [5, 5.41) is 11.0. The number of carbonyl (C=O) groups is 1. The Kier molecular flexibility index (Phi) is 2.69. The maximum absolute atomic E-state index is 12.8. The summed E-state index contributed by atoms with van der Waals surface area (Å²) in [4.78, 5) is 14.8. The quantitative estimate of drug-likeness (QED) is 0.520. The summed E-state index contributed by atoms with van der Waals surface area (Å²) in [6.07, 6.45) is 2.82. The molecule has 0 saturated heterocycles. The van der Waals surface area contributed by atoms with E-state index in [1.807, 2.05) is 0 Å². The molecule has 7 heteroatoms. The molecule has 0 saturated carbocycles. The van der Waals surface area contributed by atoms with Gasteiger partial charge in [0.25, 0.3) is 5.91 Å². The first kappa shape index (κ1) is 10.4. The molecular formula is C9H9FN4O2. The van der Waals surface area contributed by atoms with Crippen molar-refractivity contribution < 1.29 is 14.4 Å². The van der Waals surface area contributed by atoms with Crippen LogP contribution in [0.3, 0.4) is 0 Å². The number of aromatic nitrogens is 2. The van der Waals surface area contributed by atoms with Crippen LogP contribution in [0.25, 0.3) is 5.65 Å². The number of pyridine rings is 1. The maximum Gasteiger partial charge on any atom is 0.262 e. The molecule has 3 N–H and O–H groups in total. The molecule has 0 atom stereocenters. The first-order valence-electron chi connectivity index (χ1n) is 4.50. The molecule has 1 amide bonds. The van der Waals surface area contributed by atoms with Crippen molar-refractivity contribution in [2.75, 3.05) is 11.9 Å². The van der Waals surface area contributed by atoms with Crippen molar-refractivity contribution in [3.63, 3.8) is 0 Å². The zero-order valence-electron chi connectivity index (χ0n) is 8.14. The van der Waals surface area contributed by atoms with Crippen LogP contribution in [0, 0.1) is 5.82 Å². The molecule has 0 aliphatic rings.